The molecule has 3 rings (SSSR count). The molecule has 0 aliphatic heterocycles. The van der Waals surface area contributed by atoms with Crippen molar-refractivity contribution >= 4 is 5.78 Å². The lowest BCUT2D eigenvalue weighted by Gasteiger charge is -2.39. The zero-order chi connectivity index (χ0) is 14.7. The van der Waals surface area contributed by atoms with Crippen LogP contribution < -0.4 is 0 Å². The minimum absolute atomic E-state index is 0.479. The van der Waals surface area contributed by atoms with Crippen LogP contribution >= 0.6 is 0 Å². The molecule has 2 atom stereocenters. The van der Waals surface area contributed by atoms with Crippen molar-refractivity contribution in [1.29, 1.82) is 0 Å². The fraction of sp³-hybridized carbons (Fsp3) is 0.850. The Morgan fingerprint density at radius 2 is 1.90 bits per heavy atom. The van der Waals surface area contributed by atoms with Crippen LogP contribution in [-0.2, 0) is 4.79 Å². The summed E-state index contributed by atoms with van der Waals surface area (Å²) in [7, 11) is 0. The van der Waals surface area contributed by atoms with Crippen LogP contribution in [0.5, 0.6) is 0 Å². The van der Waals surface area contributed by atoms with Gasteiger partial charge in [0.25, 0.3) is 0 Å². The number of carbonyl (C=O) groups is 1. The Kier molecular flexibility index (Phi) is 5.19. The smallest absolute Gasteiger partial charge is 0.136 e. The zero-order valence-corrected chi connectivity index (χ0v) is 13.8. The Morgan fingerprint density at radius 1 is 1.10 bits per heavy atom. The van der Waals surface area contributed by atoms with E-state index in [0.29, 0.717) is 5.78 Å². The largest absolute Gasteiger partial charge is 0.299 e. The number of allylic oxidation sites excluding steroid dienone is 2. The first kappa shape index (κ1) is 15.3. The standard InChI is InChI=1S/C20H32O/c1-2-3-4-15-5-7-16(8-6-15)17-9-10-19-14-20(21)12-11-18(19)13-17/h10,15-18H,2-9,11-14H2,1H3. The van der Waals surface area contributed by atoms with Gasteiger partial charge in [-0.15, -0.1) is 0 Å². The molecular weight excluding hydrogens is 256 g/mol. The summed E-state index contributed by atoms with van der Waals surface area (Å²) in [6.07, 6.45) is 18.1. The molecule has 3 aliphatic carbocycles. The minimum Gasteiger partial charge on any atom is -0.299 e. The molecule has 1 nitrogen and oxygen atoms in total. The van der Waals surface area contributed by atoms with E-state index in [1.807, 2.05) is 0 Å². The summed E-state index contributed by atoms with van der Waals surface area (Å²) in [5, 5.41) is 0. The van der Waals surface area contributed by atoms with Crippen LogP contribution in [0, 0.1) is 23.7 Å². The molecule has 0 radical (unpaired) electrons. The third-order valence-electron chi connectivity index (χ3n) is 6.49. The van der Waals surface area contributed by atoms with E-state index in [1.54, 1.807) is 0 Å². The topological polar surface area (TPSA) is 17.1 Å². The molecule has 0 aromatic heterocycles. The third kappa shape index (κ3) is 3.79. The van der Waals surface area contributed by atoms with E-state index in [2.05, 4.69) is 13.0 Å². The average molecular weight is 288 g/mol. The Bertz CT molecular complexity index is 387. The van der Waals surface area contributed by atoms with E-state index in [4.69, 9.17) is 0 Å². The summed E-state index contributed by atoms with van der Waals surface area (Å²) in [6.45, 7) is 2.31. The van der Waals surface area contributed by atoms with Gasteiger partial charge in [-0.2, -0.15) is 0 Å². The molecule has 2 unspecified atom stereocenters. The predicted octanol–water partition coefficient (Wildman–Crippen LogP) is 5.69. The molecular formula is C20H32O. The van der Waals surface area contributed by atoms with Gasteiger partial charge in [-0.05, 0) is 55.8 Å². The highest BCUT2D eigenvalue weighted by atomic mass is 16.1. The first-order valence-corrected chi connectivity index (χ1v) is 9.47. The van der Waals surface area contributed by atoms with E-state index in [1.165, 1.54) is 63.4 Å². The number of unbranched alkanes of at least 4 members (excludes halogenated alkanes) is 1. The molecule has 0 spiro atoms. The predicted molar refractivity (Wildman–Crippen MR) is 88.1 cm³/mol. The third-order valence-corrected chi connectivity index (χ3v) is 6.49. The van der Waals surface area contributed by atoms with Gasteiger partial charge in [0.05, 0.1) is 0 Å². The summed E-state index contributed by atoms with van der Waals surface area (Å²) in [5.74, 6) is 4.19. The van der Waals surface area contributed by atoms with Crippen molar-refractivity contribution in [2.75, 3.05) is 0 Å². The summed E-state index contributed by atoms with van der Waals surface area (Å²) >= 11 is 0. The molecule has 0 saturated heterocycles. The lowest BCUT2D eigenvalue weighted by molar-refractivity contribution is -0.119. The molecule has 2 fully saturated rings. The number of hydrogen-bond acceptors (Lipinski definition) is 1. The highest BCUT2D eigenvalue weighted by Gasteiger charge is 2.34. The number of ketones is 1. The van der Waals surface area contributed by atoms with Crippen molar-refractivity contribution in [1.82, 2.24) is 0 Å². The first-order chi connectivity index (χ1) is 10.3. The minimum atomic E-state index is 0.479. The van der Waals surface area contributed by atoms with E-state index in [0.717, 1.165) is 42.9 Å². The van der Waals surface area contributed by atoms with Crippen molar-refractivity contribution in [3.8, 4) is 0 Å². The van der Waals surface area contributed by atoms with Gasteiger partial charge in [0.1, 0.15) is 5.78 Å². The van der Waals surface area contributed by atoms with Crippen LogP contribution in [0.15, 0.2) is 11.6 Å². The second kappa shape index (κ2) is 7.11. The molecule has 3 aliphatic rings. The molecule has 0 aromatic carbocycles. The van der Waals surface area contributed by atoms with Crippen molar-refractivity contribution in [3.05, 3.63) is 11.6 Å². The number of rotatable bonds is 4. The van der Waals surface area contributed by atoms with Crippen molar-refractivity contribution in [2.24, 2.45) is 23.7 Å². The Hall–Kier alpha value is -0.590. The number of hydrogen-bond donors (Lipinski definition) is 0. The average Bonchev–Trinajstić information content (AvgIpc) is 2.53. The Balaban J connectivity index is 1.50. The molecule has 0 N–H and O–H groups in total. The van der Waals surface area contributed by atoms with E-state index < -0.39 is 0 Å². The van der Waals surface area contributed by atoms with Crippen LogP contribution in [0.3, 0.4) is 0 Å². The van der Waals surface area contributed by atoms with Crippen LogP contribution in [-0.4, -0.2) is 5.78 Å². The molecule has 1 heteroatoms. The van der Waals surface area contributed by atoms with Gasteiger partial charge >= 0.3 is 0 Å². The molecule has 21 heavy (non-hydrogen) atoms. The Morgan fingerprint density at radius 3 is 2.67 bits per heavy atom. The van der Waals surface area contributed by atoms with E-state index >= 15 is 0 Å². The quantitative estimate of drug-likeness (QED) is 0.607. The van der Waals surface area contributed by atoms with Gasteiger partial charge in [0.2, 0.25) is 0 Å². The summed E-state index contributed by atoms with van der Waals surface area (Å²) in [6, 6.07) is 0. The van der Waals surface area contributed by atoms with Gasteiger partial charge in [-0.3, -0.25) is 4.79 Å². The van der Waals surface area contributed by atoms with Crippen LogP contribution in [0.2, 0.25) is 0 Å². The van der Waals surface area contributed by atoms with Gasteiger partial charge < -0.3 is 0 Å². The van der Waals surface area contributed by atoms with Crippen LogP contribution in [0.1, 0.15) is 84.0 Å². The maximum absolute atomic E-state index is 11.6. The second-order valence-electron chi connectivity index (χ2n) is 7.88. The van der Waals surface area contributed by atoms with E-state index in [-0.39, 0.29) is 0 Å². The normalized spacial score (nSPS) is 37.0. The second-order valence-corrected chi connectivity index (χ2v) is 7.88. The molecule has 118 valence electrons. The van der Waals surface area contributed by atoms with Gasteiger partial charge in [-0.25, -0.2) is 0 Å². The maximum atomic E-state index is 11.6. The lowest BCUT2D eigenvalue weighted by Crippen LogP contribution is -2.29. The first-order valence-electron chi connectivity index (χ1n) is 9.47. The van der Waals surface area contributed by atoms with Crippen LogP contribution in [0.4, 0.5) is 0 Å². The fourth-order valence-corrected chi connectivity index (χ4v) is 5.08. The number of Topliss-reactive ketones (excluding diaryl/α,β-unsaturated/α-hetero) is 1. The Labute approximate surface area is 130 Å². The van der Waals surface area contributed by atoms with Gasteiger partial charge in [0.15, 0.2) is 0 Å². The highest BCUT2D eigenvalue weighted by molar-refractivity contribution is 5.82. The molecule has 0 amide bonds. The van der Waals surface area contributed by atoms with Crippen LogP contribution in [0.25, 0.3) is 0 Å². The molecule has 0 heterocycles. The molecule has 0 aromatic rings. The summed E-state index contributed by atoms with van der Waals surface area (Å²) in [4.78, 5) is 11.6. The summed E-state index contributed by atoms with van der Waals surface area (Å²) < 4.78 is 0. The molecule has 2 saturated carbocycles. The monoisotopic (exact) mass is 288 g/mol. The van der Waals surface area contributed by atoms with E-state index in [9.17, 15) is 4.79 Å². The fourth-order valence-electron chi connectivity index (χ4n) is 5.08. The highest BCUT2D eigenvalue weighted by Crippen LogP contribution is 2.45. The van der Waals surface area contributed by atoms with Crippen molar-refractivity contribution < 1.29 is 4.79 Å². The van der Waals surface area contributed by atoms with Crippen molar-refractivity contribution in [2.45, 2.75) is 84.0 Å². The number of carbonyl (C=O) groups excluding carboxylic acids is 1. The maximum Gasteiger partial charge on any atom is 0.136 e. The zero-order valence-electron chi connectivity index (χ0n) is 13.8. The van der Waals surface area contributed by atoms with Crippen molar-refractivity contribution in [3.63, 3.8) is 0 Å². The molecule has 0 bridgehead atoms. The van der Waals surface area contributed by atoms with Gasteiger partial charge in [0, 0.05) is 12.8 Å². The lowest BCUT2D eigenvalue weighted by atomic mass is 9.66. The van der Waals surface area contributed by atoms with Gasteiger partial charge in [-0.1, -0.05) is 50.7 Å². The summed E-state index contributed by atoms with van der Waals surface area (Å²) in [5.41, 5.74) is 1.50. The SMILES string of the molecule is CCCCC1CCC(C2CC=C3CC(=O)CCC3C2)CC1. The number of fused-ring (bicyclic) bond motifs is 1.